The molecule has 0 atom stereocenters. The van der Waals surface area contributed by atoms with Gasteiger partial charge in [-0.15, -0.1) is 0 Å². The summed E-state index contributed by atoms with van der Waals surface area (Å²) in [5.74, 6) is -0.877. The number of carbonyl (C=O) groups excluding carboxylic acids is 2. The maximum atomic E-state index is 13.7. The van der Waals surface area contributed by atoms with Crippen LogP contribution in [0.1, 0.15) is 78.3 Å². The molecule has 2 amide bonds. The molecule has 8 rings (SSSR count). The van der Waals surface area contributed by atoms with Gasteiger partial charge in [-0.2, -0.15) is 0 Å². The Hall–Kier alpha value is -5.34. The molecule has 0 spiro atoms. The van der Waals surface area contributed by atoms with Crippen LogP contribution in [0.15, 0.2) is 60.7 Å². The number of amides is 2. The molecule has 5 aromatic rings. The predicted molar refractivity (Wildman–Crippen MR) is 218 cm³/mol. The number of anilines is 2. The summed E-state index contributed by atoms with van der Waals surface area (Å²) in [6, 6.07) is 18.7. The van der Waals surface area contributed by atoms with E-state index in [1.54, 1.807) is 18.2 Å². The molecule has 13 nitrogen and oxygen atoms in total. The Kier molecular flexibility index (Phi) is 11.0. The molecule has 0 saturated carbocycles. The number of benzene rings is 3. The predicted octanol–water partition coefficient (Wildman–Crippen LogP) is 6.12. The molecule has 2 aromatic heterocycles. The molecule has 0 radical (unpaired) electrons. The minimum absolute atomic E-state index is 0.273. The van der Waals surface area contributed by atoms with E-state index < -0.39 is 5.97 Å². The number of hydrogen-bond acceptors (Lipinski definition) is 8. The highest BCUT2D eigenvalue weighted by atomic mass is 35.5. The molecule has 5 heterocycles. The van der Waals surface area contributed by atoms with Crippen molar-refractivity contribution in [1.82, 2.24) is 28.9 Å². The summed E-state index contributed by atoms with van der Waals surface area (Å²) in [7, 11) is 3.78. The third-order valence-corrected chi connectivity index (χ3v) is 12.2. The maximum Gasteiger partial charge on any atom is 0.335 e. The average Bonchev–Trinajstić information content (AvgIpc) is 3.74. The zero-order valence-electron chi connectivity index (χ0n) is 32.5. The van der Waals surface area contributed by atoms with Crippen LogP contribution in [0.5, 0.6) is 0 Å². The molecule has 0 aliphatic carbocycles. The average molecular weight is 791 g/mol. The van der Waals surface area contributed by atoms with Crippen LogP contribution in [0.4, 0.5) is 11.4 Å². The van der Waals surface area contributed by atoms with Crippen LogP contribution in [0, 0.1) is 6.92 Å². The number of nitrogens with one attached hydrogen (secondary N) is 2. The van der Waals surface area contributed by atoms with Gasteiger partial charge in [0.1, 0.15) is 0 Å². The quantitative estimate of drug-likeness (QED) is 0.152. The van der Waals surface area contributed by atoms with E-state index in [0.717, 1.165) is 117 Å². The number of imidazole rings is 2. The van der Waals surface area contributed by atoms with Crippen molar-refractivity contribution in [3.05, 3.63) is 117 Å². The van der Waals surface area contributed by atoms with E-state index in [4.69, 9.17) is 26.3 Å². The van der Waals surface area contributed by atoms with Gasteiger partial charge in [0.2, 0.25) is 0 Å². The number of fused-ring (bicyclic) bond motifs is 2. The number of carbonyl (C=O) groups is 3. The molecule has 3 aliphatic heterocycles. The summed E-state index contributed by atoms with van der Waals surface area (Å²) >= 11 is 7.03. The van der Waals surface area contributed by atoms with Crippen LogP contribution in [0.25, 0.3) is 11.1 Å². The number of aromatic carboxylic acids is 1. The monoisotopic (exact) mass is 790 g/mol. The first-order chi connectivity index (χ1) is 27.5. The lowest BCUT2D eigenvalue weighted by molar-refractivity contribution is 0.0283. The van der Waals surface area contributed by atoms with Crippen molar-refractivity contribution >= 4 is 40.8 Å². The fourth-order valence-corrected chi connectivity index (χ4v) is 8.72. The Labute approximate surface area is 336 Å². The van der Waals surface area contributed by atoms with E-state index in [-0.39, 0.29) is 17.4 Å². The summed E-state index contributed by atoms with van der Waals surface area (Å²) in [6.07, 6.45) is 4.42. The molecule has 1 fully saturated rings. The largest absolute Gasteiger partial charge is 0.478 e. The fraction of sp³-hybridized carbons (Fsp3) is 0.372. The van der Waals surface area contributed by atoms with Gasteiger partial charge < -0.3 is 29.6 Å². The smallest absolute Gasteiger partial charge is 0.335 e. The first-order valence-electron chi connectivity index (χ1n) is 19.5. The highest BCUT2D eigenvalue weighted by Gasteiger charge is 2.31. The van der Waals surface area contributed by atoms with Gasteiger partial charge in [0.15, 0.2) is 11.6 Å². The van der Waals surface area contributed by atoms with E-state index in [0.29, 0.717) is 40.6 Å². The molecule has 0 bridgehead atoms. The van der Waals surface area contributed by atoms with Crippen molar-refractivity contribution in [2.24, 2.45) is 14.1 Å². The second-order valence-electron chi connectivity index (χ2n) is 15.2. The topological polar surface area (TPSA) is 147 Å². The van der Waals surface area contributed by atoms with Gasteiger partial charge in [-0.05, 0) is 67.1 Å². The third-order valence-electron chi connectivity index (χ3n) is 11.8. The molecule has 3 aromatic carbocycles. The molecule has 57 heavy (non-hydrogen) atoms. The molecule has 1 saturated heterocycles. The Morgan fingerprint density at radius 2 is 1.40 bits per heavy atom. The van der Waals surface area contributed by atoms with Crippen molar-refractivity contribution in [3.63, 3.8) is 0 Å². The van der Waals surface area contributed by atoms with Crippen molar-refractivity contribution in [2.75, 3.05) is 43.5 Å². The minimum Gasteiger partial charge on any atom is -0.478 e. The number of nitrogens with zero attached hydrogens (tertiary/aromatic N) is 6. The number of carboxylic acids is 1. The lowest BCUT2D eigenvalue weighted by Gasteiger charge is -2.36. The first-order valence-corrected chi connectivity index (χ1v) is 19.9. The summed E-state index contributed by atoms with van der Waals surface area (Å²) in [5.41, 5.74) is 8.78. The summed E-state index contributed by atoms with van der Waals surface area (Å²) in [4.78, 5) is 53.0. The molecule has 14 heteroatoms. The standard InChI is InChI=1S/C43H47ClN8O5/c1-26-30(6-4-8-32(26)47-41(53)39-46-35-25-52(21-16-37(35)50(39)3)29-17-22-57-23-18-29)31-7-5-9-33(38(31)44)48-42(54)40-45-34-24-51(20-15-36(34)49(40)2)19-14-27-10-12-28(13-11-27)43(55)56/h4-13,29H,14-25H2,1-3H3,(H,47,53)(H,48,54)(H,55,56). The van der Waals surface area contributed by atoms with Gasteiger partial charge in [-0.25, -0.2) is 14.8 Å². The molecular weight excluding hydrogens is 744 g/mol. The Bertz CT molecular complexity index is 2350. The van der Waals surface area contributed by atoms with E-state index in [1.807, 2.05) is 72.6 Å². The molecule has 3 aliphatic rings. The Morgan fingerprint density at radius 1 is 0.807 bits per heavy atom. The van der Waals surface area contributed by atoms with Crippen molar-refractivity contribution in [2.45, 2.75) is 58.2 Å². The fourth-order valence-electron chi connectivity index (χ4n) is 8.45. The molecule has 3 N–H and O–H groups in total. The summed E-state index contributed by atoms with van der Waals surface area (Å²) < 4.78 is 9.35. The highest BCUT2D eigenvalue weighted by molar-refractivity contribution is 6.36. The number of rotatable bonds is 10. The normalized spacial score (nSPS) is 16.2. The zero-order valence-corrected chi connectivity index (χ0v) is 33.2. The van der Waals surface area contributed by atoms with Crippen LogP contribution in [-0.4, -0.2) is 90.7 Å². The molecule has 0 unspecified atom stereocenters. The van der Waals surface area contributed by atoms with E-state index >= 15 is 0 Å². The van der Waals surface area contributed by atoms with Crippen LogP contribution in [-0.2, 0) is 51.2 Å². The van der Waals surface area contributed by atoms with E-state index in [1.165, 1.54) is 0 Å². The highest BCUT2D eigenvalue weighted by Crippen LogP contribution is 2.38. The van der Waals surface area contributed by atoms with Gasteiger partial charge in [0, 0.05) is 102 Å². The van der Waals surface area contributed by atoms with Gasteiger partial charge in [0.05, 0.1) is 27.7 Å². The van der Waals surface area contributed by atoms with Gasteiger partial charge in [0.25, 0.3) is 11.8 Å². The number of hydrogen-bond donors (Lipinski definition) is 3. The Morgan fingerprint density at radius 3 is 2.07 bits per heavy atom. The Balaban J connectivity index is 0.936. The van der Waals surface area contributed by atoms with Gasteiger partial charge in [-0.1, -0.05) is 48.0 Å². The number of halogens is 1. The van der Waals surface area contributed by atoms with Gasteiger partial charge in [-0.3, -0.25) is 19.4 Å². The van der Waals surface area contributed by atoms with Crippen LogP contribution >= 0.6 is 11.6 Å². The van der Waals surface area contributed by atoms with Crippen LogP contribution in [0.2, 0.25) is 5.02 Å². The third kappa shape index (κ3) is 7.84. The second-order valence-corrected chi connectivity index (χ2v) is 15.5. The van der Waals surface area contributed by atoms with E-state index in [9.17, 15) is 19.5 Å². The van der Waals surface area contributed by atoms with Crippen molar-refractivity contribution in [3.8, 4) is 11.1 Å². The van der Waals surface area contributed by atoms with Crippen LogP contribution in [0.3, 0.4) is 0 Å². The summed E-state index contributed by atoms with van der Waals surface area (Å²) in [5, 5.41) is 15.7. The number of ether oxygens (including phenoxy) is 1. The van der Waals surface area contributed by atoms with Crippen LogP contribution < -0.4 is 10.6 Å². The second kappa shape index (κ2) is 16.3. The number of carboxylic acid groups (broad SMARTS) is 1. The lowest BCUT2D eigenvalue weighted by Crippen LogP contribution is -2.42. The summed E-state index contributed by atoms with van der Waals surface area (Å²) in [6.45, 7) is 7.43. The van der Waals surface area contributed by atoms with Gasteiger partial charge >= 0.3 is 5.97 Å². The zero-order chi connectivity index (χ0) is 39.8. The van der Waals surface area contributed by atoms with Crippen molar-refractivity contribution < 1.29 is 24.2 Å². The number of aromatic nitrogens is 4. The van der Waals surface area contributed by atoms with E-state index in [2.05, 4.69) is 20.4 Å². The molecule has 296 valence electrons. The maximum absolute atomic E-state index is 13.7. The minimum atomic E-state index is -0.935. The molecular formula is C43H47ClN8O5. The SMILES string of the molecule is Cc1c(NC(=O)c2nc3c(n2C)CCN(C2CCOCC2)C3)cccc1-c1cccc(NC(=O)c2nc3c(n2C)CCN(CCc2ccc(C(=O)O)cc2)C3)c1Cl. The lowest BCUT2D eigenvalue weighted by atomic mass is 9.98. The first kappa shape index (κ1) is 38.5. The van der Waals surface area contributed by atoms with Crippen molar-refractivity contribution in [1.29, 1.82) is 0 Å².